The van der Waals surface area contributed by atoms with Gasteiger partial charge < -0.3 is 5.32 Å². The molecule has 0 aliphatic heterocycles. The molecule has 2 nitrogen and oxygen atoms in total. The van der Waals surface area contributed by atoms with Crippen LogP contribution in [-0.2, 0) is 6.42 Å². The lowest BCUT2D eigenvalue weighted by molar-refractivity contribution is 0.318. The van der Waals surface area contributed by atoms with Crippen molar-refractivity contribution >= 4 is 11.3 Å². The smallest absolute Gasteiger partial charge is 0.0794 e. The van der Waals surface area contributed by atoms with Gasteiger partial charge in [0.25, 0.3) is 0 Å². The van der Waals surface area contributed by atoms with Gasteiger partial charge in [0.1, 0.15) is 0 Å². The molecule has 1 atom stereocenters. The van der Waals surface area contributed by atoms with Gasteiger partial charge in [-0.3, -0.25) is 4.98 Å². The van der Waals surface area contributed by atoms with Gasteiger partial charge in [0.05, 0.1) is 5.51 Å². The number of hydrogen-bond donors (Lipinski definition) is 1. The fourth-order valence-electron chi connectivity index (χ4n) is 3.01. The minimum Gasteiger partial charge on any atom is -0.313 e. The first-order chi connectivity index (χ1) is 8.90. The van der Waals surface area contributed by atoms with Crippen LogP contribution in [-0.4, -0.2) is 17.6 Å². The SMILES string of the molecule is CCCNC(Cc1cncs1)C1CCCCCC1. The summed E-state index contributed by atoms with van der Waals surface area (Å²) in [6.45, 7) is 3.41. The Hall–Kier alpha value is -0.410. The summed E-state index contributed by atoms with van der Waals surface area (Å²) < 4.78 is 0. The zero-order valence-electron chi connectivity index (χ0n) is 11.5. The van der Waals surface area contributed by atoms with E-state index in [4.69, 9.17) is 0 Å². The molecular formula is C15H26N2S. The van der Waals surface area contributed by atoms with Gasteiger partial charge >= 0.3 is 0 Å². The molecule has 0 radical (unpaired) electrons. The van der Waals surface area contributed by atoms with Crippen LogP contribution in [0.5, 0.6) is 0 Å². The molecule has 0 amide bonds. The molecule has 1 unspecified atom stereocenters. The molecule has 102 valence electrons. The Bertz CT molecular complexity index is 302. The molecule has 0 saturated heterocycles. The maximum absolute atomic E-state index is 4.21. The van der Waals surface area contributed by atoms with Crippen LogP contribution in [0.1, 0.15) is 56.7 Å². The van der Waals surface area contributed by atoms with Gasteiger partial charge in [-0.1, -0.05) is 32.6 Å². The second-order valence-corrected chi connectivity index (χ2v) is 6.46. The van der Waals surface area contributed by atoms with Crippen molar-refractivity contribution in [1.29, 1.82) is 0 Å². The van der Waals surface area contributed by atoms with Crippen molar-refractivity contribution in [3.63, 3.8) is 0 Å². The number of rotatable bonds is 6. The molecule has 18 heavy (non-hydrogen) atoms. The first-order valence-electron chi connectivity index (χ1n) is 7.51. The number of nitrogens with one attached hydrogen (secondary N) is 1. The van der Waals surface area contributed by atoms with Crippen molar-refractivity contribution in [1.82, 2.24) is 10.3 Å². The summed E-state index contributed by atoms with van der Waals surface area (Å²) in [7, 11) is 0. The van der Waals surface area contributed by atoms with Gasteiger partial charge in [0.2, 0.25) is 0 Å². The first-order valence-corrected chi connectivity index (χ1v) is 8.39. The van der Waals surface area contributed by atoms with Gasteiger partial charge in [-0.05, 0) is 38.1 Å². The Morgan fingerprint density at radius 3 is 2.72 bits per heavy atom. The summed E-state index contributed by atoms with van der Waals surface area (Å²) in [4.78, 5) is 5.65. The third-order valence-corrected chi connectivity index (χ3v) is 4.83. The molecule has 1 aromatic heterocycles. The average Bonchev–Trinajstić information content (AvgIpc) is 2.74. The van der Waals surface area contributed by atoms with Crippen LogP contribution in [0.25, 0.3) is 0 Å². The van der Waals surface area contributed by atoms with Crippen molar-refractivity contribution in [2.75, 3.05) is 6.54 Å². The van der Waals surface area contributed by atoms with Crippen LogP contribution in [0.2, 0.25) is 0 Å². The molecule has 2 rings (SSSR count). The lowest BCUT2D eigenvalue weighted by Gasteiger charge is -2.27. The number of thiazole rings is 1. The largest absolute Gasteiger partial charge is 0.313 e. The minimum absolute atomic E-state index is 0.670. The highest BCUT2D eigenvalue weighted by Crippen LogP contribution is 2.27. The maximum Gasteiger partial charge on any atom is 0.0794 e. The van der Waals surface area contributed by atoms with Crippen LogP contribution < -0.4 is 5.32 Å². The van der Waals surface area contributed by atoms with E-state index in [2.05, 4.69) is 17.2 Å². The van der Waals surface area contributed by atoms with E-state index in [-0.39, 0.29) is 0 Å². The van der Waals surface area contributed by atoms with Gasteiger partial charge in [-0.25, -0.2) is 0 Å². The Morgan fingerprint density at radius 1 is 1.33 bits per heavy atom. The standard InChI is InChI=1S/C15H26N2S/c1-2-9-17-15(10-14-11-16-12-18-14)13-7-5-3-4-6-8-13/h11-13,15,17H,2-10H2,1H3. The summed E-state index contributed by atoms with van der Waals surface area (Å²) in [6.07, 6.45) is 13.0. The Labute approximate surface area is 115 Å². The van der Waals surface area contributed by atoms with Crippen molar-refractivity contribution in [3.05, 3.63) is 16.6 Å². The van der Waals surface area contributed by atoms with E-state index in [0.717, 1.165) is 12.5 Å². The number of aromatic nitrogens is 1. The van der Waals surface area contributed by atoms with E-state index >= 15 is 0 Å². The fraction of sp³-hybridized carbons (Fsp3) is 0.800. The second-order valence-electron chi connectivity index (χ2n) is 5.48. The minimum atomic E-state index is 0.670. The molecule has 0 spiro atoms. The molecule has 0 bridgehead atoms. The summed E-state index contributed by atoms with van der Waals surface area (Å²) in [5.74, 6) is 0.876. The van der Waals surface area contributed by atoms with E-state index in [1.54, 1.807) is 11.3 Å². The quantitative estimate of drug-likeness (QED) is 0.787. The second kappa shape index (κ2) is 7.90. The number of hydrogen-bond acceptors (Lipinski definition) is 3. The Balaban J connectivity index is 1.93. The Morgan fingerprint density at radius 2 is 2.11 bits per heavy atom. The van der Waals surface area contributed by atoms with Crippen LogP contribution in [0.4, 0.5) is 0 Å². The first kappa shape index (κ1) is 14.0. The molecule has 1 aliphatic carbocycles. The average molecular weight is 266 g/mol. The highest BCUT2D eigenvalue weighted by atomic mass is 32.1. The molecule has 1 heterocycles. The Kier molecular flexibility index (Phi) is 6.15. The van der Waals surface area contributed by atoms with Gasteiger partial charge in [-0.15, -0.1) is 11.3 Å². The van der Waals surface area contributed by atoms with E-state index in [9.17, 15) is 0 Å². The third-order valence-electron chi connectivity index (χ3n) is 4.03. The van der Waals surface area contributed by atoms with E-state index < -0.39 is 0 Å². The normalized spacial score (nSPS) is 19.6. The molecule has 1 aliphatic rings. The highest BCUT2D eigenvalue weighted by molar-refractivity contribution is 7.09. The van der Waals surface area contributed by atoms with Gasteiger partial charge in [0.15, 0.2) is 0 Å². The summed E-state index contributed by atoms with van der Waals surface area (Å²) in [5, 5.41) is 3.78. The van der Waals surface area contributed by atoms with Crippen molar-refractivity contribution < 1.29 is 0 Å². The lowest BCUT2D eigenvalue weighted by Crippen LogP contribution is -2.38. The predicted molar refractivity (Wildman–Crippen MR) is 79.1 cm³/mol. The topological polar surface area (TPSA) is 24.9 Å². The van der Waals surface area contributed by atoms with Gasteiger partial charge in [-0.2, -0.15) is 0 Å². The predicted octanol–water partition coefficient (Wildman–Crippen LogP) is 4.02. The van der Waals surface area contributed by atoms with E-state index in [1.165, 1.54) is 56.2 Å². The van der Waals surface area contributed by atoms with Crippen LogP contribution in [0, 0.1) is 5.92 Å². The highest BCUT2D eigenvalue weighted by Gasteiger charge is 2.22. The van der Waals surface area contributed by atoms with E-state index in [1.807, 2.05) is 11.7 Å². The molecule has 0 aromatic carbocycles. The lowest BCUT2D eigenvalue weighted by atomic mass is 9.89. The molecule has 3 heteroatoms. The number of nitrogens with zero attached hydrogens (tertiary/aromatic N) is 1. The molecular weight excluding hydrogens is 240 g/mol. The van der Waals surface area contributed by atoms with Crippen molar-refractivity contribution in [3.8, 4) is 0 Å². The summed E-state index contributed by atoms with van der Waals surface area (Å²) >= 11 is 1.80. The zero-order chi connectivity index (χ0) is 12.6. The van der Waals surface area contributed by atoms with Crippen molar-refractivity contribution in [2.45, 2.75) is 64.3 Å². The van der Waals surface area contributed by atoms with Crippen LogP contribution >= 0.6 is 11.3 Å². The third kappa shape index (κ3) is 4.36. The summed E-state index contributed by atoms with van der Waals surface area (Å²) in [5.41, 5.74) is 1.96. The van der Waals surface area contributed by atoms with Crippen LogP contribution in [0.15, 0.2) is 11.7 Å². The zero-order valence-corrected chi connectivity index (χ0v) is 12.3. The van der Waals surface area contributed by atoms with Crippen LogP contribution in [0.3, 0.4) is 0 Å². The molecule has 1 N–H and O–H groups in total. The van der Waals surface area contributed by atoms with Crippen molar-refractivity contribution in [2.24, 2.45) is 5.92 Å². The monoisotopic (exact) mass is 266 g/mol. The summed E-state index contributed by atoms with van der Waals surface area (Å²) in [6, 6.07) is 0.670. The fourth-order valence-corrected chi connectivity index (χ4v) is 3.66. The molecule has 1 saturated carbocycles. The molecule has 1 fully saturated rings. The van der Waals surface area contributed by atoms with E-state index in [0.29, 0.717) is 6.04 Å². The maximum atomic E-state index is 4.21. The molecule has 1 aromatic rings. The van der Waals surface area contributed by atoms with Gasteiger partial charge in [0, 0.05) is 17.1 Å².